The summed E-state index contributed by atoms with van der Waals surface area (Å²) in [5.74, 6) is 0.218. The van der Waals surface area contributed by atoms with Crippen LogP contribution in [0.5, 0.6) is 0 Å². The fraction of sp³-hybridized carbons (Fsp3) is 0.917. The van der Waals surface area contributed by atoms with Crippen LogP contribution in [0.1, 0.15) is 26.2 Å². The zero-order valence-corrected chi connectivity index (χ0v) is 10.2. The molecule has 1 aliphatic carbocycles. The van der Waals surface area contributed by atoms with E-state index < -0.39 is 0 Å². The Morgan fingerprint density at radius 3 is 2.50 bits per heavy atom. The van der Waals surface area contributed by atoms with Crippen molar-refractivity contribution in [2.75, 3.05) is 39.3 Å². The standard InChI is InChI=1S/C12H23N3O/c1-11(16)15-9-7-14(8-10-15)6-2-5-13-12-3-4-12/h12-13H,2-10H2,1H3. The number of carbonyl (C=O) groups excluding carboxylic acids is 1. The third-order valence-electron chi connectivity index (χ3n) is 3.48. The summed E-state index contributed by atoms with van der Waals surface area (Å²) in [7, 11) is 0. The maximum atomic E-state index is 11.1. The van der Waals surface area contributed by atoms with Gasteiger partial charge in [0.25, 0.3) is 0 Å². The molecular weight excluding hydrogens is 202 g/mol. The highest BCUT2D eigenvalue weighted by Crippen LogP contribution is 2.18. The summed E-state index contributed by atoms with van der Waals surface area (Å²) in [5, 5.41) is 3.53. The zero-order chi connectivity index (χ0) is 11.4. The van der Waals surface area contributed by atoms with Crippen LogP contribution in [0.15, 0.2) is 0 Å². The second-order valence-electron chi connectivity index (χ2n) is 4.93. The number of hydrogen-bond donors (Lipinski definition) is 1. The average Bonchev–Trinajstić information content (AvgIpc) is 3.09. The monoisotopic (exact) mass is 225 g/mol. The van der Waals surface area contributed by atoms with Gasteiger partial charge < -0.3 is 10.2 Å². The molecule has 0 radical (unpaired) electrons. The van der Waals surface area contributed by atoms with Gasteiger partial charge in [0, 0.05) is 39.1 Å². The van der Waals surface area contributed by atoms with E-state index in [9.17, 15) is 4.79 Å². The van der Waals surface area contributed by atoms with E-state index in [2.05, 4.69) is 10.2 Å². The predicted octanol–water partition coefficient (Wildman–Crippen LogP) is 0.293. The molecule has 0 unspecified atom stereocenters. The fourth-order valence-corrected chi connectivity index (χ4v) is 2.18. The highest BCUT2D eigenvalue weighted by molar-refractivity contribution is 5.73. The van der Waals surface area contributed by atoms with Crippen molar-refractivity contribution < 1.29 is 4.79 Å². The molecule has 2 rings (SSSR count). The van der Waals surface area contributed by atoms with Crippen molar-refractivity contribution in [3.63, 3.8) is 0 Å². The first-order valence-corrected chi connectivity index (χ1v) is 6.47. The van der Waals surface area contributed by atoms with Gasteiger partial charge in [-0.05, 0) is 32.4 Å². The van der Waals surface area contributed by atoms with Crippen LogP contribution in [0, 0.1) is 0 Å². The van der Waals surface area contributed by atoms with Crippen molar-refractivity contribution in [3.05, 3.63) is 0 Å². The number of rotatable bonds is 5. The van der Waals surface area contributed by atoms with Crippen molar-refractivity contribution in [1.29, 1.82) is 0 Å². The molecule has 4 heteroatoms. The van der Waals surface area contributed by atoms with Crippen LogP contribution in [0.25, 0.3) is 0 Å². The van der Waals surface area contributed by atoms with Crippen LogP contribution in [0.4, 0.5) is 0 Å². The first kappa shape index (κ1) is 11.9. The summed E-state index contributed by atoms with van der Waals surface area (Å²) in [5.41, 5.74) is 0. The summed E-state index contributed by atoms with van der Waals surface area (Å²) in [6, 6.07) is 0.828. The summed E-state index contributed by atoms with van der Waals surface area (Å²) >= 11 is 0. The molecule has 1 aliphatic heterocycles. The van der Waals surface area contributed by atoms with Crippen LogP contribution in [0.2, 0.25) is 0 Å². The molecule has 0 aromatic heterocycles. The molecule has 1 saturated carbocycles. The summed E-state index contributed by atoms with van der Waals surface area (Å²) in [6.07, 6.45) is 3.98. The van der Waals surface area contributed by atoms with Gasteiger partial charge in [-0.3, -0.25) is 9.69 Å². The smallest absolute Gasteiger partial charge is 0.219 e. The Balaban J connectivity index is 1.52. The lowest BCUT2D eigenvalue weighted by molar-refractivity contribution is -0.130. The Labute approximate surface area is 98.0 Å². The topological polar surface area (TPSA) is 35.6 Å². The normalized spacial score (nSPS) is 22.4. The van der Waals surface area contributed by atoms with Gasteiger partial charge in [-0.2, -0.15) is 0 Å². The third kappa shape index (κ3) is 3.76. The zero-order valence-electron chi connectivity index (χ0n) is 10.2. The van der Waals surface area contributed by atoms with E-state index in [1.807, 2.05) is 4.90 Å². The highest BCUT2D eigenvalue weighted by Gasteiger charge is 2.20. The largest absolute Gasteiger partial charge is 0.340 e. The Kier molecular flexibility index (Phi) is 4.18. The summed E-state index contributed by atoms with van der Waals surface area (Å²) in [6.45, 7) is 7.89. The van der Waals surface area contributed by atoms with Crippen LogP contribution in [0.3, 0.4) is 0 Å². The van der Waals surface area contributed by atoms with Gasteiger partial charge in [0.1, 0.15) is 0 Å². The highest BCUT2D eigenvalue weighted by atomic mass is 16.2. The third-order valence-corrected chi connectivity index (χ3v) is 3.48. The Hall–Kier alpha value is -0.610. The lowest BCUT2D eigenvalue weighted by atomic mass is 10.3. The minimum atomic E-state index is 0.218. The van der Waals surface area contributed by atoms with Gasteiger partial charge in [-0.25, -0.2) is 0 Å². The van der Waals surface area contributed by atoms with E-state index >= 15 is 0 Å². The van der Waals surface area contributed by atoms with Gasteiger partial charge in [0.2, 0.25) is 5.91 Å². The molecule has 0 spiro atoms. The summed E-state index contributed by atoms with van der Waals surface area (Å²) in [4.78, 5) is 15.6. The van der Waals surface area contributed by atoms with Crippen molar-refractivity contribution in [2.24, 2.45) is 0 Å². The second-order valence-corrected chi connectivity index (χ2v) is 4.93. The number of carbonyl (C=O) groups is 1. The molecule has 1 saturated heterocycles. The van der Waals surface area contributed by atoms with Crippen molar-refractivity contribution in [1.82, 2.24) is 15.1 Å². The SMILES string of the molecule is CC(=O)N1CCN(CCCNC2CC2)CC1. The van der Waals surface area contributed by atoms with Crippen molar-refractivity contribution >= 4 is 5.91 Å². The van der Waals surface area contributed by atoms with E-state index in [1.54, 1.807) is 6.92 Å². The van der Waals surface area contributed by atoms with Crippen molar-refractivity contribution in [2.45, 2.75) is 32.2 Å². The number of nitrogens with zero attached hydrogens (tertiary/aromatic N) is 2. The second kappa shape index (κ2) is 5.64. The first-order valence-electron chi connectivity index (χ1n) is 6.47. The molecule has 0 atom stereocenters. The molecule has 16 heavy (non-hydrogen) atoms. The molecule has 0 bridgehead atoms. The molecule has 1 N–H and O–H groups in total. The lowest BCUT2D eigenvalue weighted by Gasteiger charge is -2.34. The van der Waals surface area contributed by atoms with Gasteiger partial charge in [0.05, 0.1) is 0 Å². The quantitative estimate of drug-likeness (QED) is 0.683. The van der Waals surface area contributed by atoms with Gasteiger partial charge in [-0.1, -0.05) is 0 Å². The maximum absolute atomic E-state index is 11.1. The first-order chi connectivity index (χ1) is 7.75. The van der Waals surface area contributed by atoms with Crippen molar-refractivity contribution in [3.8, 4) is 0 Å². The van der Waals surface area contributed by atoms with E-state index in [0.717, 1.165) is 38.8 Å². The van der Waals surface area contributed by atoms with Crippen LogP contribution in [-0.4, -0.2) is 61.0 Å². The molecule has 0 aromatic carbocycles. The molecule has 1 heterocycles. The molecule has 4 nitrogen and oxygen atoms in total. The maximum Gasteiger partial charge on any atom is 0.219 e. The van der Waals surface area contributed by atoms with Gasteiger partial charge >= 0.3 is 0 Å². The van der Waals surface area contributed by atoms with E-state index in [0.29, 0.717) is 0 Å². The average molecular weight is 225 g/mol. The molecular formula is C12H23N3O. The number of hydrogen-bond acceptors (Lipinski definition) is 3. The van der Waals surface area contributed by atoms with E-state index in [1.165, 1.54) is 25.8 Å². The van der Waals surface area contributed by atoms with E-state index in [-0.39, 0.29) is 5.91 Å². The molecule has 2 fully saturated rings. The predicted molar refractivity (Wildman–Crippen MR) is 64.3 cm³/mol. The fourth-order valence-electron chi connectivity index (χ4n) is 2.18. The van der Waals surface area contributed by atoms with Crippen LogP contribution >= 0.6 is 0 Å². The Morgan fingerprint density at radius 1 is 1.25 bits per heavy atom. The van der Waals surface area contributed by atoms with E-state index in [4.69, 9.17) is 0 Å². The Bertz CT molecular complexity index is 232. The van der Waals surface area contributed by atoms with Gasteiger partial charge in [0.15, 0.2) is 0 Å². The molecule has 0 aromatic rings. The number of piperazine rings is 1. The van der Waals surface area contributed by atoms with Gasteiger partial charge in [-0.15, -0.1) is 0 Å². The minimum absolute atomic E-state index is 0.218. The molecule has 1 amide bonds. The summed E-state index contributed by atoms with van der Waals surface area (Å²) < 4.78 is 0. The van der Waals surface area contributed by atoms with Crippen LogP contribution in [-0.2, 0) is 4.79 Å². The number of nitrogens with one attached hydrogen (secondary N) is 1. The lowest BCUT2D eigenvalue weighted by Crippen LogP contribution is -2.48. The Morgan fingerprint density at radius 2 is 1.94 bits per heavy atom. The minimum Gasteiger partial charge on any atom is -0.340 e. The number of amides is 1. The molecule has 92 valence electrons. The molecule has 2 aliphatic rings. The van der Waals surface area contributed by atoms with Crippen LogP contribution < -0.4 is 5.32 Å².